The molecule has 0 amide bonds. The second kappa shape index (κ2) is 6.31. The fourth-order valence-corrected chi connectivity index (χ4v) is 4.35. The molecule has 20 heavy (non-hydrogen) atoms. The molecule has 0 fully saturated rings. The van der Waals surface area contributed by atoms with Gasteiger partial charge in [-0.25, -0.2) is 13.1 Å². The van der Waals surface area contributed by atoms with Gasteiger partial charge in [0.15, 0.2) is 0 Å². The van der Waals surface area contributed by atoms with Crippen LogP contribution in [0.15, 0.2) is 45.1 Å². The molecule has 2 aromatic rings. The second-order valence-corrected chi connectivity index (χ2v) is 8.37. The highest BCUT2D eigenvalue weighted by Crippen LogP contribution is 2.21. The molecule has 0 atom stereocenters. The number of nitrogens with two attached hydrogens (primary N) is 1. The van der Waals surface area contributed by atoms with E-state index >= 15 is 0 Å². The zero-order valence-corrected chi connectivity index (χ0v) is 14.2. The topological polar surface area (TPSA) is 72.2 Å². The van der Waals surface area contributed by atoms with Crippen molar-refractivity contribution in [3.63, 3.8) is 0 Å². The van der Waals surface area contributed by atoms with Gasteiger partial charge in [0.25, 0.3) is 0 Å². The molecule has 3 N–H and O–H groups in total. The maximum absolute atomic E-state index is 12.1. The monoisotopic (exact) mass is 390 g/mol. The SMILES string of the molecule is NC(=S)c1ccc(S(=O)(=O)NCc2cccc(Br)c2)s1. The molecular formula is C12H11BrN2O2S3. The highest BCUT2D eigenvalue weighted by Gasteiger charge is 2.17. The fraction of sp³-hybridized carbons (Fsp3) is 0.0833. The van der Waals surface area contributed by atoms with E-state index < -0.39 is 10.0 Å². The van der Waals surface area contributed by atoms with E-state index in [0.29, 0.717) is 4.88 Å². The van der Waals surface area contributed by atoms with Gasteiger partial charge in [0.1, 0.15) is 9.20 Å². The zero-order valence-electron chi connectivity index (χ0n) is 10.2. The van der Waals surface area contributed by atoms with Crippen molar-refractivity contribution in [1.29, 1.82) is 0 Å². The molecule has 0 bridgehead atoms. The molecule has 0 aliphatic heterocycles. The number of benzene rings is 1. The summed E-state index contributed by atoms with van der Waals surface area (Å²) < 4.78 is 27.9. The van der Waals surface area contributed by atoms with E-state index in [2.05, 4.69) is 20.7 Å². The lowest BCUT2D eigenvalue weighted by atomic mass is 10.2. The van der Waals surface area contributed by atoms with E-state index in [1.54, 1.807) is 6.07 Å². The molecule has 0 saturated carbocycles. The van der Waals surface area contributed by atoms with Crippen molar-refractivity contribution in [2.24, 2.45) is 5.73 Å². The number of hydrogen-bond acceptors (Lipinski definition) is 4. The summed E-state index contributed by atoms with van der Waals surface area (Å²) in [6.07, 6.45) is 0. The Labute approximate surface area is 135 Å². The molecule has 1 aromatic heterocycles. The summed E-state index contributed by atoms with van der Waals surface area (Å²) in [5, 5.41) is 0. The van der Waals surface area contributed by atoms with E-state index in [4.69, 9.17) is 18.0 Å². The third kappa shape index (κ3) is 3.86. The van der Waals surface area contributed by atoms with Crippen molar-refractivity contribution in [3.05, 3.63) is 51.3 Å². The van der Waals surface area contributed by atoms with Crippen LogP contribution in [0.1, 0.15) is 10.4 Å². The van der Waals surface area contributed by atoms with E-state index in [1.165, 1.54) is 6.07 Å². The molecule has 1 heterocycles. The summed E-state index contributed by atoms with van der Waals surface area (Å²) in [6.45, 7) is 0.224. The molecule has 0 aliphatic rings. The average Bonchev–Trinajstić information content (AvgIpc) is 2.87. The molecule has 0 unspecified atom stereocenters. The Morgan fingerprint density at radius 1 is 1.35 bits per heavy atom. The first-order valence-electron chi connectivity index (χ1n) is 5.52. The van der Waals surface area contributed by atoms with Gasteiger partial charge in [-0.1, -0.05) is 40.3 Å². The smallest absolute Gasteiger partial charge is 0.250 e. The maximum atomic E-state index is 12.1. The molecule has 0 radical (unpaired) electrons. The summed E-state index contributed by atoms with van der Waals surface area (Å²) in [5.41, 5.74) is 6.34. The van der Waals surface area contributed by atoms with Gasteiger partial charge in [-0.05, 0) is 29.8 Å². The zero-order chi connectivity index (χ0) is 14.8. The number of thiocarbonyl (C=S) groups is 1. The van der Waals surface area contributed by atoms with Crippen molar-refractivity contribution >= 4 is 54.5 Å². The predicted octanol–water partition coefficient (Wildman–Crippen LogP) is 2.62. The van der Waals surface area contributed by atoms with Crippen LogP contribution < -0.4 is 10.5 Å². The van der Waals surface area contributed by atoms with Gasteiger partial charge in [-0.15, -0.1) is 11.3 Å². The molecule has 4 nitrogen and oxygen atoms in total. The summed E-state index contributed by atoms with van der Waals surface area (Å²) in [7, 11) is -3.55. The molecule has 1 aromatic carbocycles. The van der Waals surface area contributed by atoms with Gasteiger partial charge >= 0.3 is 0 Å². The van der Waals surface area contributed by atoms with Gasteiger partial charge in [0.2, 0.25) is 10.0 Å². The molecule has 2 rings (SSSR count). The highest BCUT2D eigenvalue weighted by molar-refractivity contribution is 9.10. The van der Waals surface area contributed by atoms with Crippen LogP contribution in [0.25, 0.3) is 0 Å². The van der Waals surface area contributed by atoms with Crippen LogP contribution in [-0.2, 0) is 16.6 Å². The van der Waals surface area contributed by atoms with E-state index in [9.17, 15) is 8.42 Å². The third-order valence-corrected chi connectivity index (χ3v) is 6.30. The molecular weight excluding hydrogens is 380 g/mol. The summed E-state index contributed by atoms with van der Waals surface area (Å²) >= 11 is 9.23. The second-order valence-electron chi connectivity index (χ2n) is 3.94. The summed E-state index contributed by atoms with van der Waals surface area (Å²) in [6, 6.07) is 10.6. The van der Waals surface area contributed by atoms with Crippen molar-refractivity contribution in [2.75, 3.05) is 0 Å². The minimum absolute atomic E-state index is 0.198. The average molecular weight is 391 g/mol. The van der Waals surface area contributed by atoms with E-state index in [1.807, 2.05) is 24.3 Å². The standard InChI is InChI=1S/C12H11BrN2O2S3/c13-9-3-1-2-8(6-9)7-15-20(16,17)11-5-4-10(19-11)12(14)18/h1-6,15H,7H2,(H2,14,18). The van der Waals surface area contributed by atoms with Gasteiger partial charge in [0, 0.05) is 11.0 Å². The van der Waals surface area contributed by atoms with Crippen molar-refractivity contribution in [1.82, 2.24) is 4.72 Å². The molecule has 8 heteroatoms. The molecule has 0 spiro atoms. The van der Waals surface area contributed by atoms with Gasteiger partial charge in [-0.2, -0.15) is 0 Å². The number of sulfonamides is 1. The minimum atomic E-state index is -3.55. The van der Waals surface area contributed by atoms with Gasteiger partial charge in [0.05, 0.1) is 4.88 Å². The molecule has 0 saturated heterocycles. The molecule has 106 valence electrons. The Hall–Kier alpha value is -0.800. The van der Waals surface area contributed by atoms with Crippen LogP contribution in [0.5, 0.6) is 0 Å². The highest BCUT2D eigenvalue weighted by atomic mass is 79.9. The Balaban J connectivity index is 2.12. The van der Waals surface area contributed by atoms with Crippen molar-refractivity contribution in [3.8, 4) is 0 Å². The number of hydrogen-bond donors (Lipinski definition) is 2. The first-order valence-corrected chi connectivity index (χ1v) is 9.02. The Morgan fingerprint density at radius 3 is 2.70 bits per heavy atom. The van der Waals surface area contributed by atoms with E-state index in [0.717, 1.165) is 21.4 Å². The maximum Gasteiger partial charge on any atom is 0.250 e. The van der Waals surface area contributed by atoms with Gasteiger partial charge in [-0.3, -0.25) is 0 Å². The number of halogens is 1. The lowest BCUT2D eigenvalue weighted by molar-refractivity contribution is 0.583. The molecule has 0 aliphatic carbocycles. The lowest BCUT2D eigenvalue weighted by Gasteiger charge is -2.05. The van der Waals surface area contributed by atoms with E-state index in [-0.39, 0.29) is 15.7 Å². The normalized spacial score (nSPS) is 11.4. The number of rotatable bonds is 5. The predicted molar refractivity (Wildman–Crippen MR) is 88.4 cm³/mol. The first kappa shape index (κ1) is 15.6. The Morgan fingerprint density at radius 2 is 2.10 bits per heavy atom. The first-order chi connectivity index (χ1) is 9.38. The quantitative estimate of drug-likeness (QED) is 0.769. The number of thiophene rings is 1. The Kier molecular flexibility index (Phi) is 4.92. The van der Waals surface area contributed by atoms with Crippen LogP contribution in [0.3, 0.4) is 0 Å². The fourth-order valence-electron chi connectivity index (χ4n) is 1.49. The Bertz CT molecular complexity index is 741. The van der Waals surface area contributed by atoms with Crippen LogP contribution in [-0.4, -0.2) is 13.4 Å². The third-order valence-electron chi connectivity index (χ3n) is 2.44. The van der Waals surface area contributed by atoms with Crippen LogP contribution in [0.2, 0.25) is 0 Å². The van der Waals surface area contributed by atoms with Crippen molar-refractivity contribution < 1.29 is 8.42 Å². The largest absolute Gasteiger partial charge is 0.389 e. The number of nitrogens with one attached hydrogen (secondary N) is 1. The summed E-state index contributed by atoms with van der Waals surface area (Å²) in [4.78, 5) is 0.784. The lowest BCUT2D eigenvalue weighted by Crippen LogP contribution is -2.22. The van der Waals surface area contributed by atoms with Crippen LogP contribution in [0.4, 0.5) is 0 Å². The van der Waals surface area contributed by atoms with Gasteiger partial charge < -0.3 is 5.73 Å². The van der Waals surface area contributed by atoms with Crippen molar-refractivity contribution in [2.45, 2.75) is 10.8 Å². The van der Waals surface area contributed by atoms with Crippen LogP contribution in [0, 0.1) is 0 Å². The summed E-state index contributed by atoms with van der Waals surface area (Å²) in [5.74, 6) is 0. The van der Waals surface area contributed by atoms with Crippen LogP contribution >= 0.6 is 39.5 Å². The minimum Gasteiger partial charge on any atom is -0.389 e.